The molecule has 2 aliphatic rings. The summed E-state index contributed by atoms with van der Waals surface area (Å²) in [6.07, 6.45) is 4.06. The number of carboxylic acid groups (broad SMARTS) is 1. The van der Waals surface area contributed by atoms with Gasteiger partial charge in [-0.1, -0.05) is 18.2 Å². The monoisotopic (exact) mass is 356 g/mol. The van der Waals surface area contributed by atoms with E-state index in [4.69, 9.17) is 4.74 Å². The molecule has 2 aromatic rings. The summed E-state index contributed by atoms with van der Waals surface area (Å²) in [6, 6.07) is 7.50. The fraction of sp³-hybridized carbons (Fsp3) is 0.444. The van der Waals surface area contributed by atoms with Crippen LogP contribution < -0.4 is 4.74 Å². The van der Waals surface area contributed by atoms with Crippen LogP contribution >= 0.6 is 0 Å². The van der Waals surface area contributed by atoms with E-state index in [1.165, 1.54) is 6.33 Å². The highest BCUT2D eigenvalue weighted by atomic mass is 16.5. The molecular weight excluding hydrogens is 336 g/mol. The van der Waals surface area contributed by atoms with Crippen molar-refractivity contribution in [3.8, 4) is 5.75 Å². The van der Waals surface area contributed by atoms with Crippen molar-refractivity contribution in [1.29, 1.82) is 0 Å². The van der Waals surface area contributed by atoms with E-state index < -0.39 is 11.4 Å². The highest BCUT2D eigenvalue weighted by molar-refractivity contribution is 5.82. The summed E-state index contributed by atoms with van der Waals surface area (Å²) in [6.45, 7) is 1.30. The van der Waals surface area contributed by atoms with E-state index in [9.17, 15) is 14.7 Å². The second-order valence-corrected chi connectivity index (χ2v) is 6.88. The largest absolute Gasteiger partial charge is 0.492 e. The molecule has 8 nitrogen and oxygen atoms in total. The number of nitrogens with zero attached hydrogens (tertiary/aromatic N) is 4. The maximum Gasteiger partial charge on any atom is 0.315 e. The lowest BCUT2D eigenvalue weighted by Gasteiger charge is -2.35. The van der Waals surface area contributed by atoms with E-state index in [2.05, 4.69) is 10.1 Å². The Kier molecular flexibility index (Phi) is 4.10. The number of amides is 1. The molecule has 2 aliphatic heterocycles. The Labute approximate surface area is 150 Å². The highest BCUT2D eigenvalue weighted by Gasteiger charge is 2.57. The number of rotatable bonds is 5. The van der Waals surface area contributed by atoms with Gasteiger partial charge in [0.1, 0.15) is 30.4 Å². The lowest BCUT2D eigenvalue weighted by molar-refractivity contribution is -0.152. The molecule has 1 fully saturated rings. The van der Waals surface area contributed by atoms with Crippen molar-refractivity contribution in [1.82, 2.24) is 19.7 Å². The average Bonchev–Trinajstić information content (AvgIpc) is 3.29. The third kappa shape index (κ3) is 2.71. The predicted octanol–water partition coefficient (Wildman–Crippen LogP) is 1.15. The molecule has 1 aromatic heterocycles. The van der Waals surface area contributed by atoms with Crippen LogP contribution in [0, 0.1) is 5.41 Å². The van der Waals surface area contributed by atoms with Crippen LogP contribution in [0.2, 0.25) is 0 Å². The summed E-state index contributed by atoms with van der Waals surface area (Å²) < 4.78 is 7.40. The van der Waals surface area contributed by atoms with Gasteiger partial charge in [0.2, 0.25) is 5.91 Å². The van der Waals surface area contributed by atoms with Gasteiger partial charge in [-0.2, -0.15) is 5.10 Å². The summed E-state index contributed by atoms with van der Waals surface area (Å²) in [5, 5.41) is 13.9. The van der Waals surface area contributed by atoms with E-state index in [0.717, 1.165) is 11.3 Å². The van der Waals surface area contributed by atoms with E-state index in [1.807, 2.05) is 24.3 Å². The standard InChI is InChI=1S/C18H20N4O4/c23-16(6-3-7-22-12-19-11-20-22)21-8-14-13-4-1-2-5-15(13)26-10-18(14,9-21)17(24)25/h1-2,4-5,11-12,14H,3,6-10H2,(H,24,25)/t14?,18-/m1/s1. The number of hydrogen-bond acceptors (Lipinski definition) is 5. The van der Waals surface area contributed by atoms with E-state index in [1.54, 1.807) is 15.9 Å². The molecular formula is C18H20N4O4. The second-order valence-electron chi connectivity index (χ2n) is 6.88. The second kappa shape index (κ2) is 6.44. The van der Waals surface area contributed by atoms with Gasteiger partial charge in [0.25, 0.3) is 0 Å². The summed E-state index contributed by atoms with van der Waals surface area (Å²) in [5.41, 5.74) is -0.199. The van der Waals surface area contributed by atoms with Crippen LogP contribution in [0.5, 0.6) is 5.75 Å². The zero-order chi connectivity index (χ0) is 18.1. The van der Waals surface area contributed by atoms with Crippen LogP contribution in [-0.2, 0) is 16.1 Å². The number of aryl methyl sites for hydroxylation is 1. The molecule has 0 saturated carbocycles. The smallest absolute Gasteiger partial charge is 0.315 e. The number of para-hydroxylation sites is 1. The van der Waals surface area contributed by atoms with Gasteiger partial charge < -0.3 is 14.7 Å². The number of carbonyl (C=O) groups is 2. The number of hydrogen-bond donors (Lipinski definition) is 1. The summed E-state index contributed by atoms with van der Waals surface area (Å²) in [5.74, 6) is -0.466. The normalized spacial score (nSPS) is 23.8. The number of carbonyl (C=O) groups excluding carboxylic acids is 1. The minimum absolute atomic E-state index is 0.0300. The Morgan fingerprint density at radius 2 is 2.19 bits per heavy atom. The molecule has 4 rings (SSSR count). The summed E-state index contributed by atoms with van der Waals surface area (Å²) >= 11 is 0. The van der Waals surface area contributed by atoms with Crippen molar-refractivity contribution in [3.05, 3.63) is 42.5 Å². The van der Waals surface area contributed by atoms with Crippen molar-refractivity contribution < 1.29 is 19.4 Å². The van der Waals surface area contributed by atoms with Crippen LogP contribution in [0.1, 0.15) is 24.3 Å². The molecule has 1 N–H and O–H groups in total. The van der Waals surface area contributed by atoms with Gasteiger partial charge in [0, 0.05) is 37.5 Å². The molecule has 1 unspecified atom stereocenters. The van der Waals surface area contributed by atoms with Crippen LogP contribution in [0.4, 0.5) is 0 Å². The zero-order valence-corrected chi connectivity index (χ0v) is 14.2. The van der Waals surface area contributed by atoms with Gasteiger partial charge in [-0.15, -0.1) is 0 Å². The molecule has 0 bridgehead atoms. The quantitative estimate of drug-likeness (QED) is 0.863. The van der Waals surface area contributed by atoms with Crippen LogP contribution in [0.3, 0.4) is 0 Å². The molecule has 26 heavy (non-hydrogen) atoms. The minimum atomic E-state index is -1.07. The topological polar surface area (TPSA) is 97.5 Å². The number of ether oxygens (including phenoxy) is 1. The average molecular weight is 356 g/mol. The third-order valence-corrected chi connectivity index (χ3v) is 5.35. The number of carboxylic acids is 1. The molecule has 3 heterocycles. The van der Waals surface area contributed by atoms with Gasteiger partial charge in [-0.05, 0) is 12.5 Å². The van der Waals surface area contributed by atoms with Gasteiger partial charge >= 0.3 is 5.97 Å². The molecule has 136 valence electrons. The van der Waals surface area contributed by atoms with Crippen LogP contribution in [0.25, 0.3) is 0 Å². The maximum atomic E-state index is 12.6. The lowest BCUT2D eigenvalue weighted by atomic mass is 9.73. The van der Waals surface area contributed by atoms with Crippen LogP contribution in [0.15, 0.2) is 36.9 Å². The van der Waals surface area contributed by atoms with Crippen molar-refractivity contribution >= 4 is 11.9 Å². The number of aliphatic carboxylic acids is 1. The first kappa shape index (κ1) is 16.6. The minimum Gasteiger partial charge on any atom is -0.492 e. The number of likely N-dealkylation sites (tertiary alicyclic amines) is 1. The van der Waals surface area contributed by atoms with Crippen LogP contribution in [-0.4, -0.2) is 56.3 Å². The number of benzene rings is 1. The predicted molar refractivity (Wildman–Crippen MR) is 90.6 cm³/mol. The summed E-state index contributed by atoms with van der Waals surface area (Å²) in [4.78, 5) is 30.3. The molecule has 1 saturated heterocycles. The number of aromatic nitrogens is 3. The molecule has 2 atom stereocenters. The van der Waals surface area contributed by atoms with Crippen molar-refractivity contribution in [2.45, 2.75) is 25.3 Å². The van der Waals surface area contributed by atoms with Crippen molar-refractivity contribution in [2.75, 3.05) is 19.7 Å². The SMILES string of the molecule is O=C(CCCn1cncn1)N1CC2c3ccccc3OC[C@]2(C(=O)O)C1. The van der Waals surface area contributed by atoms with Gasteiger partial charge in [-0.3, -0.25) is 14.3 Å². The molecule has 1 amide bonds. The Hall–Kier alpha value is -2.90. The molecule has 0 spiro atoms. The van der Waals surface area contributed by atoms with Crippen molar-refractivity contribution in [3.63, 3.8) is 0 Å². The first-order valence-electron chi connectivity index (χ1n) is 8.65. The number of fused-ring (bicyclic) bond motifs is 3. The molecule has 0 radical (unpaired) electrons. The maximum absolute atomic E-state index is 12.6. The Bertz CT molecular complexity index is 822. The Morgan fingerprint density at radius 1 is 1.35 bits per heavy atom. The Balaban J connectivity index is 1.48. The lowest BCUT2D eigenvalue weighted by Crippen LogP contribution is -2.46. The molecule has 1 aromatic carbocycles. The first-order chi connectivity index (χ1) is 12.6. The fourth-order valence-electron chi connectivity index (χ4n) is 3.93. The van der Waals surface area contributed by atoms with E-state index >= 15 is 0 Å². The van der Waals surface area contributed by atoms with Gasteiger partial charge in [0.15, 0.2) is 0 Å². The van der Waals surface area contributed by atoms with Gasteiger partial charge in [0.05, 0.1) is 0 Å². The van der Waals surface area contributed by atoms with Gasteiger partial charge in [-0.25, -0.2) is 4.98 Å². The van der Waals surface area contributed by atoms with Crippen molar-refractivity contribution in [2.24, 2.45) is 5.41 Å². The van der Waals surface area contributed by atoms with E-state index in [-0.39, 0.29) is 25.0 Å². The molecule has 0 aliphatic carbocycles. The first-order valence-corrected chi connectivity index (χ1v) is 8.65. The highest BCUT2D eigenvalue weighted by Crippen LogP contribution is 2.49. The summed E-state index contributed by atoms with van der Waals surface area (Å²) in [7, 11) is 0. The third-order valence-electron chi connectivity index (χ3n) is 5.35. The zero-order valence-electron chi connectivity index (χ0n) is 14.2. The fourth-order valence-corrected chi connectivity index (χ4v) is 3.93. The Morgan fingerprint density at radius 3 is 2.96 bits per heavy atom. The van der Waals surface area contributed by atoms with E-state index in [0.29, 0.717) is 25.9 Å². The molecule has 8 heteroatoms.